The van der Waals surface area contributed by atoms with Gasteiger partial charge < -0.3 is 5.73 Å². The first kappa shape index (κ1) is 10.8. The zero-order valence-corrected chi connectivity index (χ0v) is 9.15. The quantitative estimate of drug-likeness (QED) is 0.855. The maximum Gasteiger partial charge on any atom is 0.219 e. The number of hydrogen-bond donors (Lipinski definition) is 1. The fourth-order valence-corrected chi connectivity index (χ4v) is 1.56. The summed E-state index contributed by atoms with van der Waals surface area (Å²) in [4.78, 5) is 0. The van der Waals surface area contributed by atoms with Crippen LogP contribution in [0, 0.1) is 12.9 Å². The summed E-state index contributed by atoms with van der Waals surface area (Å²) in [6.45, 7) is 2.42. The Bertz CT molecular complexity index is 474. The Morgan fingerprint density at radius 3 is 2.62 bits per heavy atom. The van der Waals surface area contributed by atoms with Gasteiger partial charge in [-0.3, -0.25) is 0 Å². The summed E-state index contributed by atoms with van der Waals surface area (Å²) >= 11 is 0. The van der Waals surface area contributed by atoms with Crippen LogP contribution in [0.2, 0.25) is 0 Å². The lowest BCUT2D eigenvalue weighted by molar-refractivity contribution is 0.526. The number of halogens is 1. The average molecular weight is 219 g/mol. The fraction of sp³-hybridized carbons (Fsp3) is 0.250. The van der Waals surface area contributed by atoms with Gasteiger partial charge >= 0.3 is 0 Å². The van der Waals surface area contributed by atoms with E-state index in [2.05, 4.69) is 5.10 Å². The maximum absolute atomic E-state index is 13.9. The summed E-state index contributed by atoms with van der Waals surface area (Å²) in [6.07, 6.45) is 2.04. The number of nitrogens with zero attached hydrogens (tertiary/aromatic N) is 2. The van der Waals surface area contributed by atoms with Crippen molar-refractivity contribution in [1.82, 2.24) is 9.78 Å². The van der Waals surface area contributed by atoms with Crippen molar-refractivity contribution < 1.29 is 4.39 Å². The number of hydrogen-bond acceptors (Lipinski definition) is 2. The fourth-order valence-electron chi connectivity index (χ4n) is 1.56. The second-order valence-corrected chi connectivity index (χ2v) is 3.75. The molecule has 0 spiro atoms. The molecule has 0 aliphatic carbocycles. The van der Waals surface area contributed by atoms with E-state index >= 15 is 0 Å². The van der Waals surface area contributed by atoms with Gasteiger partial charge in [0, 0.05) is 5.56 Å². The Balaban J connectivity index is 2.37. The van der Waals surface area contributed by atoms with E-state index < -0.39 is 0 Å². The molecule has 1 heterocycles. The standard InChI is InChI=1S/C12H14FN3/c1-9-2-4-11(5-3-9)16-12(13)10(6-7-14)8-15-16/h2-5,8H,6-7,14H2,1H3. The van der Waals surface area contributed by atoms with E-state index in [0.717, 1.165) is 11.3 Å². The van der Waals surface area contributed by atoms with Crippen molar-refractivity contribution in [2.45, 2.75) is 13.3 Å². The molecule has 0 saturated carbocycles. The largest absolute Gasteiger partial charge is 0.330 e. The van der Waals surface area contributed by atoms with Crippen LogP contribution < -0.4 is 5.73 Å². The highest BCUT2D eigenvalue weighted by atomic mass is 19.1. The van der Waals surface area contributed by atoms with Crippen LogP contribution in [0.15, 0.2) is 30.5 Å². The number of benzene rings is 1. The number of rotatable bonds is 3. The normalized spacial score (nSPS) is 10.7. The highest BCUT2D eigenvalue weighted by molar-refractivity contribution is 5.34. The molecule has 0 radical (unpaired) electrons. The van der Waals surface area contributed by atoms with Crippen LogP contribution in [-0.4, -0.2) is 16.3 Å². The summed E-state index contributed by atoms with van der Waals surface area (Å²) in [6, 6.07) is 7.55. The van der Waals surface area contributed by atoms with Crippen LogP contribution in [0.25, 0.3) is 5.69 Å². The second-order valence-electron chi connectivity index (χ2n) is 3.75. The minimum Gasteiger partial charge on any atom is -0.330 e. The zero-order chi connectivity index (χ0) is 11.5. The van der Waals surface area contributed by atoms with Gasteiger partial charge in [-0.25, -0.2) is 4.68 Å². The van der Waals surface area contributed by atoms with Crippen LogP contribution >= 0.6 is 0 Å². The molecule has 0 aliphatic rings. The average Bonchev–Trinajstić information content (AvgIpc) is 2.63. The number of aromatic nitrogens is 2. The van der Waals surface area contributed by atoms with Crippen LogP contribution in [-0.2, 0) is 6.42 Å². The van der Waals surface area contributed by atoms with Crippen LogP contribution in [0.5, 0.6) is 0 Å². The first-order valence-electron chi connectivity index (χ1n) is 5.22. The maximum atomic E-state index is 13.9. The summed E-state index contributed by atoms with van der Waals surface area (Å²) in [5.74, 6) is -0.325. The molecule has 0 atom stereocenters. The van der Waals surface area contributed by atoms with Crippen molar-refractivity contribution in [3.63, 3.8) is 0 Å². The SMILES string of the molecule is Cc1ccc(-n2ncc(CCN)c2F)cc1. The smallest absolute Gasteiger partial charge is 0.219 e. The molecule has 1 aromatic heterocycles. The van der Waals surface area contributed by atoms with Crippen LogP contribution in [0.3, 0.4) is 0 Å². The molecule has 0 unspecified atom stereocenters. The van der Waals surface area contributed by atoms with Gasteiger partial charge in [-0.15, -0.1) is 0 Å². The lowest BCUT2D eigenvalue weighted by Gasteiger charge is -2.02. The van der Waals surface area contributed by atoms with Gasteiger partial charge in [-0.2, -0.15) is 9.49 Å². The van der Waals surface area contributed by atoms with E-state index in [0.29, 0.717) is 18.5 Å². The summed E-state index contributed by atoms with van der Waals surface area (Å²) in [7, 11) is 0. The Labute approximate surface area is 93.7 Å². The van der Waals surface area contributed by atoms with E-state index in [4.69, 9.17) is 5.73 Å². The molecule has 2 N–H and O–H groups in total. The molecule has 16 heavy (non-hydrogen) atoms. The predicted molar refractivity (Wildman–Crippen MR) is 61.0 cm³/mol. The van der Waals surface area contributed by atoms with Gasteiger partial charge in [0.1, 0.15) is 0 Å². The van der Waals surface area contributed by atoms with Crippen molar-refractivity contribution in [2.75, 3.05) is 6.54 Å². The Hall–Kier alpha value is -1.68. The van der Waals surface area contributed by atoms with E-state index in [9.17, 15) is 4.39 Å². The third kappa shape index (κ3) is 1.97. The third-order valence-corrected chi connectivity index (χ3v) is 2.47. The molecule has 0 bridgehead atoms. The zero-order valence-electron chi connectivity index (χ0n) is 9.15. The van der Waals surface area contributed by atoms with E-state index in [-0.39, 0.29) is 5.95 Å². The predicted octanol–water partition coefficient (Wildman–Crippen LogP) is 1.82. The molecule has 3 nitrogen and oxygen atoms in total. The van der Waals surface area contributed by atoms with E-state index in [1.165, 1.54) is 10.9 Å². The number of nitrogens with two attached hydrogens (primary N) is 1. The van der Waals surface area contributed by atoms with Gasteiger partial charge in [0.15, 0.2) is 0 Å². The lowest BCUT2D eigenvalue weighted by atomic mass is 10.2. The first-order chi connectivity index (χ1) is 7.72. The third-order valence-electron chi connectivity index (χ3n) is 2.47. The minimum absolute atomic E-state index is 0.325. The molecule has 2 rings (SSSR count). The molecular formula is C12H14FN3. The first-order valence-corrected chi connectivity index (χ1v) is 5.22. The summed E-state index contributed by atoms with van der Waals surface area (Å²) in [5, 5.41) is 4.02. The minimum atomic E-state index is -0.325. The van der Waals surface area contributed by atoms with Crippen LogP contribution in [0.1, 0.15) is 11.1 Å². The van der Waals surface area contributed by atoms with Gasteiger partial charge in [0.05, 0.1) is 11.9 Å². The van der Waals surface area contributed by atoms with Crippen molar-refractivity contribution in [1.29, 1.82) is 0 Å². The highest BCUT2D eigenvalue weighted by Gasteiger charge is 2.10. The van der Waals surface area contributed by atoms with Gasteiger partial charge in [-0.05, 0) is 32.0 Å². The molecule has 1 aromatic carbocycles. The monoisotopic (exact) mass is 219 g/mol. The van der Waals surface area contributed by atoms with Gasteiger partial charge in [-0.1, -0.05) is 17.7 Å². The molecule has 2 aromatic rings. The number of aryl methyl sites for hydroxylation is 1. The molecule has 84 valence electrons. The van der Waals surface area contributed by atoms with E-state index in [1.54, 1.807) is 0 Å². The Morgan fingerprint density at radius 2 is 2.00 bits per heavy atom. The molecule has 0 saturated heterocycles. The van der Waals surface area contributed by atoms with Crippen molar-refractivity contribution in [2.24, 2.45) is 5.73 Å². The lowest BCUT2D eigenvalue weighted by Crippen LogP contribution is -2.05. The van der Waals surface area contributed by atoms with Crippen molar-refractivity contribution in [3.05, 3.63) is 47.5 Å². The summed E-state index contributed by atoms with van der Waals surface area (Å²) in [5.41, 5.74) is 7.82. The Kier molecular flexibility index (Phi) is 3.01. The van der Waals surface area contributed by atoms with Gasteiger partial charge in [0.25, 0.3) is 0 Å². The molecule has 4 heteroatoms. The van der Waals surface area contributed by atoms with Gasteiger partial charge in [0.2, 0.25) is 5.95 Å². The van der Waals surface area contributed by atoms with Crippen molar-refractivity contribution >= 4 is 0 Å². The van der Waals surface area contributed by atoms with E-state index in [1.807, 2.05) is 31.2 Å². The summed E-state index contributed by atoms with van der Waals surface area (Å²) < 4.78 is 15.1. The highest BCUT2D eigenvalue weighted by Crippen LogP contribution is 2.14. The molecular weight excluding hydrogens is 205 g/mol. The Morgan fingerprint density at radius 1 is 1.31 bits per heavy atom. The second kappa shape index (κ2) is 4.45. The molecule has 0 amide bonds. The topological polar surface area (TPSA) is 43.8 Å². The van der Waals surface area contributed by atoms with Crippen molar-refractivity contribution in [3.8, 4) is 5.69 Å². The molecule has 0 fully saturated rings. The molecule has 0 aliphatic heterocycles. The van der Waals surface area contributed by atoms with Crippen LogP contribution in [0.4, 0.5) is 4.39 Å².